The largest absolute Gasteiger partial charge is 0.503 e. The number of ether oxygens (including phenoxy) is 1. The second-order valence-electron chi connectivity index (χ2n) is 3.73. The summed E-state index contributed by atoms with van der Waals surface area (Å²) in [5, 5.41) is -0.204. The van der Waals surface area contributed by atoms with Gasteiger partial charge in [0.1, 0.15) is 17.3 Å². The van der Waals surface area contributed by atoms with Crippen LogP contribution in [0.1, 0.15) is 25.4 Å². The third kappa shape index (κ3) is 4.36. The molecule has 5 nitrogen and oxygen atoms in total. The summed E-state index contributed by atoms with van der Waals surface area (Å²) < 4.78 is 69.9. The van der Waals surface area contributed by atoms with Crippen LogP contribution in [0.15, 0.2) is 22.8 Å². The molecule has 9 heteroatoms. The van der Waals surface area contributed by atoms with E-state index in [1.807, 2.05) is 0 Å². The van der Waals surface area contributed by atoms with Crippen molar-refractivity contribution >= 4 is 12.9 Å². The van der Waals surface area contributed by atoms with Gasteiger partial charge in [0.25, 0.3) is 0 Å². The van der Waals surface area contributed by atoms with Crippen LogP contribution in [0.4, 0.5) is 13.2 Å². The van der Waals surface area contributed by atoms with Crippen LogP contribution in [0.25, 0.3) is 5.31 Å². The quantitative estimate of drug-likeness (QED) is 0.544. The first-order valence-electron chi connectivity index (χ1n) is 6.08. The van der Waals surface area contributed by atoms with Crippen molar-refractivity contribution in [3.8, 4) is 0 Å². The highest BCUT2D eigenvalue weighted by molar-refractivity contribution is 7.65. The molecule has 0 fully saturated rings. The second-order valence-corrected chi connectivity index (χ2v) is 5.73. The third-order valence-corrected chi connectivity index (χ3v) is 4.37. The molecule has 1 rings (SSSR count). The van der Waals surface area contributed by atoms with Gasteiger partial charge in [-0.05, 0) is 26.0 Å². The molecule has 1 aromatic rings. The van der Waals surface area contributed by atoms with Crippen LogP contribution in [-0.2, 0) is 24.5 Å². The highest BCUT2D eigenvalue weighted by Crippen LogP contribution is 2.60. The van der Waals surface area contributed by atoms with Gasteiger partial charge in [0, 0.05) is 0 Å². The van der Waals surface area contributed by atoms with E-state index in [2.05, 4.69) is 0 Å². The van der Waals surface area contributed by atoms with Crippen molar-refractivity contribution in [2.45, 2.75) is 20.0 Å². The van der Waals surface area contributed by atoms with Crippen LogP contribution in [0.3, 0.4) is 0 Å². The molecule has 120 valence electrons. The Morgan fingerprint density at radius 3 is 2.24 bits per heavy atom. The fraction of sp³-hybridized carbons (Fsp3) is 0.500. The standard InChI is InChI=1S/C12H16F3O5P/c1-4-18-21(16,19-5-2)10(8-17-3)9-6-7-11(20-9)12(13,14)15/h6-8H,4-5H2,1-3H3/b10-8-. The van der Waals surface area contributed by atoms with Gasteiger partial charge in [-0.3, -0.25) is 4.57 Å². The molecule has 0 atom stereocenters. The summed E-state index contributed by atoms with van der Waals surface area (Å²) in [6.07, 6.45) is -3.65. The van der Waals surface area contributed by atoms with Gasteiger partial charge in [0.05, 0.1) is 20.3 Å². The minimum Gasteiger partial charge on any atom is -0.503 e. The summed E-state index contributed by atoms with van der Waals surface area (Å²) in [6, 6.07) is 1.78. The Morgan fingerprint density at radius 1 is 1.29 bits per heavy atom. The average molecular weight is 328 g/mol. The molecule has 0 saturated heterocycles. The van der Waals surface area contributed by atoms with E-state index in [1.165, 1.54) is 7.11 Å². The fourth-order valence-corrected chi connectivity index (χ4v) is 3.17. The van der Waals surface area contributed by atoms with Gasteiger partial charge < -0.3 is 18.2 Å². The fourth-order valence-electron chi connectivity index (χ4n) is 1.51. The number of alkyl halides is 3. The number of rotatable bonds is 7. The number of methoxy groups -OCH3 is 1. The van der Waals surface area contributed by atoms with Crippen LogP contribution in [0.5, 0.6) is 0 Å². The van der Waals surface area contributed by atoms with E-state index in [1.54, 1.807) is 13.8 Å². The Balaban J connectivity index is 3.26. The number of halogens is 3. The minimum atomic E-state index is -4.64. The summed E-state index contributed by atoms with van der Waals surface area (Å²) in [5.41, 5.74) is 0. The van der Waals surface area contributed by atoms with Crippen LogP contribution in [0.2, 0.25) is 0 Å². The van der Waals surface area contributed by atoms with E-state index in [-0.39, 0.29) is 24.3 Å². The van der Waals surface area contributed by atoms with Gasteiger partial charge in [0.15, 0.2) is 0 Å². The molecule has 0 bridgehead atoms. The van der Waals surface area contributed by atoms with Crippen molar-refractivity contribution in [1.29, 1.82) is 0 Å². The van der Waals surface area contributed by atoms with Gasteiger partial charge in [-0.15, -0.1) is 0 Å². The zero-order chi connectivity index (χ0) is 16.1. The summed E-state index contributed by atoms with van der Waals surface area (Å²) >= 11 is 0. The minimum absolute atomic E-state index is 0.0468. The zero-order valence-corrected chi connectivity index (χ0v) is 12.7. The molecule has 0 saturated carbocycles. The number of hydrogen-bond acceptors (Lipinski definition) is 5. The van der Waals surface area contributed by atoms with Crippen molar-refractivity contribution in [2.24, 2.45) is 0 Å². The summed E-state index contributed by atoms with van der Waals surface area (Å²) in [5.74, 6) is -1.49. The SMILES string of the molecule is CCOP(=O)(OCC)/C(=C\OC)c1ccc(C(F)(F)F)o1. The van der Waals surface area contributed by atoms with E-state index < -0.39 is 19.5 Å². The lowest BCUT2D eigenvalue weighted by atomic mass is 10.4. The highest BCUT2D eigenvalue weighted by Gasteiger charge is 2.38. The van der Waals surface area contributed by atoms with Gasteiger partial charge in [-0.1, -0.05) is 0 Å². The first-order chi connectivity index (χ1) is 9.78. The highest BCUT2D eigenvalue weighted by atomic mass is 31.2. The monoisotopic (exact) mass is 328 g/mol. The maximum Gasteiger partial charge on any atom is 0.449 e. The Labute approximate surface area is 120 Å². The second kappa shape index (κ2) is 7.15. The Hall–Kier alpha value is -1.24. The van der Waals surface area contributed by atoms with E-state index in [0.29, 0.717) is 0 Å². The molecule has 0 radical (unpaired) electrons. The van der Waals surface area contributed by atoms with Crippen LogP contribution in [-0.4, -0.2) is 20.3 Å². The normalized spacial score (nSPS) is 13.5. The van der Waals surface area contributed by atoms with E-state index in [9.17, 15) is 17.7 Å². The van der Waals surface area contributed by atoms with E-state index in [0.717, 1.165) is 18.4 Å². The lowest BCUT2D eigenvalue weighted by Gasteiger charge is -2.18. The molecule has 0 aromatic carbocycles. The van der Waals surface area contributed by atoms with Crippen molar-refractivity contribution in [3.05, 3.63) is 29.9 Å². The third-order valence-electron chi connectivity index (χ3n) is 2.26. The van der Waals surface area contributed by atoms with E-state index >= 15 is 0 Å². The van der Waals surface area contributed by atoms with Gasteiger partial charge in [-0.2, -0.15) is 13.2 Å². The van der Waals surface area contributed by atoms with Crippen molar-refractivity contribution in [1.82, 2.24) is 0 Å². The zero-order valence-electron chi connectivity index (χ0n) is 11.8. The van der Waals surface area contributed by atoms with Gasteiger partial charge in [0.2, 0.25) is 5.76 Å². The molecule has 0 amide bonds. The lowest BCUT2D eigenvalue weighted by molar-refractivity contribution is -0.153. The Morgan fingerprint density at radius 2 is 1.86 bits per heavy atom. The predicted molar refractivity (Wildman–Crippen MR) is 69.6 cm³/mol. The molecule has 1 aromatic heterocycles. The number of furan rings is 1. The molecule has 0 aliphatic heterocycles. The van der Waals surface area contributed by atoms with Crippen molar-refractivity contribution in [3.63, 3.8) is 0 Å². The summed E-state index contributed by atoms with van der Waals surface area (Å²) in [4.78, 5) is 0. The number of hydrogen-bond donors (Lipinski definition) is 0. The molecule has 21 heavy (non-hydrogen) atoms. The molecule has 0 unspecified atom stereocenters. The van der Waals surface area contributed by atoms with E-state index in [4.69, 9.17) is 18.2 Å². The summed E-state index contributed by atoms with van der Waals surface area (Å²) in [6.45, 7) is 3.26. The average Bonchev–Trinajstić information content (AvgIpc) is 2.85. The first kappa shape index (κ1) is 17.8. The topological polar surface area (TPSA) is 57.9 Å². The van der Waals surface area contributed by atoms with Gasteiger partial charge in [-0.25, -0.2) is 0 Å². The smallest absolute Gasteiger partial charge is 0.449 e. The molecule has 0 aliphatic rings. The lowest BCUT2D eigenvalue weighted by Crippen LogP contribution is -2.02. The maximum atomic E-state index is 12.6. The molecule has 0 spiro atoms. The van der Waals surface area contributed by atoms with Crippen molar-refractivity contribution < 1.29 is 35.9 Å². The summed E-state index contributed by atoms with van der Waals surface area (Å²) in [7, 11) is -2.57. The van der Waals surface area contributed by atoms with Crippen molar-refractivity contribution in [2.75, 3.05) is 20.3 Å². The first-order valence-corrected chi connectivity index (χ1v) is 7.62. The van der Waals surface area contributed by atoms with Crippen LogP contribution >= 0.6 is 7.60 Å². The molecule has 0 aliphatic carbocycles. The molecular formula is C12H16F3O5P. The molecular weight excluding hydrogens is 312 g/mol. The molecule has 1 heterocycles. The maximum absolute atomic E-state index is 12.6. The Kier molecular flexibility index (Phi) is 6.07. The Bertz CT molecular complexity index is 525. The van der Waals surface area contributed by atoms with Crippen LogP contribution in [0, 0.1) is 0 Å². The van der Waals surface area contributed by atoms with Gasteiger partial charge >= 0.3 is 13.8 Å². The molecule has 0 N–H and O–H groups in total. The predicted octanol–water partition coefficient (Wildman–Crippen LogP) is 4.51. The van der Waals surface area contributed by atoms with Crippen LogP contribution < -0.4 is 0 Å².